The lowest BCUT2D eigenvalue weighted by Gasteiger charge is -2.28. The van der Waals surface area contributed by atoms with Crippen LogP contribution in [0, 0.1) is 6.92 Å². The summed E-state index contributed by atoms with van der Waals surface area (Å²) in [6, 6.07) is 9.34. The van der Waals surface area contributed by atoms with Crippen molar-refractivity contribution in [2.24, 2.45) is 0 Å². The Labute approximate surface area is 166 Å². The highest BCUT2D eigenvalue weighted by Crippen LogP contribution is 2.32. The van der Waals surface area contributed by atoms with Gasteiger partial charge in [-0.15, -0.1) is 0 Å². The summed E-state index contributed by atoms with van der Waals surface area (Å²) < 4.78 is 10.8. The molecule has 0 saturated heterocycles. The van der Waals surface area contributed by atoms with E-state index in [9.17, 15) is 9.90 Å². The first-order valence-corrected chi connectivity index (χ1v) is 9.98. The van der Waals surface area contributed by atoms with E-state index in [2.05, 4.69) is 10.2 Å². The number of nitrogens with one attached hydrogen (secondary N) is 1. The molecule has 0 aliphatic carbocycles. The second kappa shape index (κ2) is 9.75. The highest BCUT2D eigenvalue weighted by atomic mass is 16.5. The number of benzene rings is 1. The van der Waals surface area contributed by atoms with Crippen LogP contribution < -0.4 is 10.2 Å². The van der Waals surface area contributed by atoms with Crippen LogP contribution in [0.1, 0.15) is 59.2 Å². The molecule has 1 aromatic heterocycles. The molecule has 1 aliphatic heterocycles. The summed E-state index contributed by atoms with van der Waals surface area (Å²) in [5.74, 6) is 1.37. The van der Waals surface area contributed by atoms with Crippen LogP contribution in [0.5, 0.6) is 0 Å². The van der Waals surface area contributed by atoms with Crippen LogP contribution in [0.2, 0.25) is 0 Å². The van der Waals surface area contributed by atoms with Gasteiger partial charge in [0.15, 0.2) is 0 Å². The lowest BCUT2D eigenvalue weighted by molar-refractivity contribution is 0.0947. The Bertz CT molecular complexity index is 787. The Kier molecular flexibility index (Phi) is 7.12. The largest absolute Gasteiger partial charge is 0.465 e. The Hall–Kier alpha value is -2.31. The number of aliphatic hydroxyl groups is 1. The zero-order valence-electron chi connectivity index (χ0n) is 16.7. The lowest BCUT2D eigenvalue weighted by Crippen LogP contribution is -2.29. The normalized spacial score (nSPS) is 17.4. The molecule has 0 bridgehead atoms. The predicted octanol–water partition coefficient (Wildman–Crippen LogP) is 3.58. The Balaban J connectivity index is 1.80. The molecule has 2 heterocycles. The molecule has 1 atom stereocenters. The smallest absolute Gasteiger partial charge is 0.251 e. The van der Waals surface area contributed by atoms with Crippen LogP contribution in [0.3, 0.4) is 0 Å². The van der Waals surface area contributed by atoms with Crippen molar-refractivity contribution in [3.05, 3.63) is 53.0 Å². The molecule has 28 heavy (non-hydrogen) atoms. The monoisotopic (exact) mass is 386 g/mol. The molecule has 0 saturated carbocycles. The third-order valence-electron chi connectivity index (χ3n) is 5.18. The van der Waals surface area contributed by atoms with E-state index in [-0.39, 0.29) is 5.91 Å². The van der Waals surface area contributed by atoms with Gasteiger partial charge in [-0.3, -0.25) is 4.79 Å². The first-order valence-electron chi connectivity index (χ1n) is 9.98. The number of aryl methyl sites for hydroxylation is 1. The minimum Gasteiger partial charge on any atom is -0.465 e. The summed E-state index contributed by atoms with van der Waals surface area (Å²) in [6.45, 7) is 4.53. The van der Waals surface area contributed by atoms with Crippen LogP contribution >= 0.6 is 0 Å². The van der Waals surface area contributed by atoms with E-state index < -0.39 is 6.10 Å². The molecule has 1 unspecified atom stereocenters. The predicted molar refractivity (Wildman–Crippen MR) is 109 cm³/mol. The number of carbonyl (C=O) groups is 1. The number of fused-ring (bicyclic) bond motifs is 1. The second-order valence-electron chi connectivity index (χ2n) is 7.31. The molecule has 0 spiro atoms. The summed E-state index contributed by atoms with van der Waals surface area (Å²) in [5.41, 5.74) is 2.36. The fraction of sp³-hybridized carbons (Fsp3) is 0.500. The fourth-order valence-electron chi connectivity index (χ4n) is 3.63. The van der Waals surface area contributed by atoms with Crippen molar-refractivity contribution in [2.75, 3.05) is 31.7 Å². The summed E-state index contributed by atoms with van der Waals surface area (Å²) in [4.78, 5) is 14.9. The van der Waals surface area contributed by atoms with Gasteiger partial charge in [-0.05, 0) is 50.1 Å². The van der Waals surface area contributed by atoms with E-state index >= 15 is 0 Å². The minimum absolute atomic E-state index is 0.174. The minimum atomic E-state index is -0.571. The molecule has 1 amide bonds. The third kappa shape index (κ3) is 5.14. The van der Waals surface area contributed by atoms with E-state index in [1.807, 2.05) is 37.3 Å². The van der Waals surface area contributed by atoms with Gasteiger partial charge in [-0.25, -0.2) is 0 Å². The molecule has 2 aromatic rings. The van der Waals surface area contributed by atoms with Gasteiger partial charge in [-0.1, -0.05) is 12.8 Å². The standard InChI is InChI=1S/C22H30N2O4/c1-16-7-9-18(28-16)15-23-22(26)17-8-10-20-19(14-17)21(25)6-4-3-5-11-24(20)12-13-27-2/h7-10,14,21,25H,3-6,11-13,15H2,1-2H3,(H,23,26). The molecule has 0 fully saturated rings. The number of ether oxygens (including phenoxy) is 1. The molecular weight excluding hydrogens is 356 g/mol. The number of nitrogens with zero attached hydrogens (tertiary/aromatic N) is 1. The van der Waals surface area contributed by atoms with Gasteiger partial charge in [0.25, 0.3) is 5.91 Å². The molecule has 3 rings (SSSR count). The van der Waals surface area contributed by atoms with E-state index in [1.165, 1.54) is 0 Å². The third-order valence-corrected chi connectivity index (χ3v) is 5.18. The molecule has 152 valence electrons. The number of carbonyl (C=O) groups excluding carboxylic acids is 1. The van der Waals surface area contributed by atoms with Gasteiger partial charge < -0.3 is 24.5 Å². The van der Waals surface area contributed by atoms with Crippen molar-refractivity contribution in [3.63, 3.8) is 0 Å². The van der Waals surface area contributed by atoms with Crippen LogP contribution in [-0.4, -0.2) is 37.8 Å². The van der Waals surface area contributed by atoms with Gasteiger partial charge in [0.1, 0.15) is 11.5 Å². The number of hydrogen-bond acceptors (Lipinski definition) is 5. The van der Waals surface area contributed by atoms with E-state index in [1.54, 1.807) is 7.11 Å². The van der Waals surface area contributed by atoms with Crippen molar-refractivity contribution < 1.29 is 19.1 Å². The molecule has 6 nitrogen and oxygen atoms in total. The van der Waals surface area contributed by atoms with Crippen LogP contribution in [0.25, 0.3) is 0 Å². The Morgan fingerprint density at radius 3 is 2.89 bits per heavy atom. The maximum absolute atomic E-state index is 12.6. The number of anilines is 1. The van der Waals surface area contributed by atoms with Crippen molar-refractivity contribution in [3.8, 4) is 0 Å². The highest BCUT2D eigenvalue weighted by molar-refractivity contribution is 5.95. The number of furan rings is 1. The van der Waals surface area contributed by atoms with Crippen LogP contribution in [0.4, 0.5) is 5.69 Å². The average molecular weight is 386 g/mol. The van der Waals surface area contributed by atoms with Gasteiger partial charge >= 0.3 is 0 Å². The lowest BCUT2D eigenvalue weighted by atomic mass is 9.99. The Morgan fingerprint density at radius 2 is 2.14 bits per heavy atom. The van der Waals surface area contributed by atoms with E-state index in [4.69, 9.17) is 9.15 Å². The first-order chi connectivity index (χ1) is 13.6. The maximum atomic E-state index is 12.6. The molecular formula is C22H30N2O4. The van der Waals surface area contributed by atoms with E-state index in [0.29, 0.717) is 25.1 Å². The molecule has 1 aromatic carbocycles. The molecule has 2 N–H and O–H groups in total. The molecule has 6 heteroatoms. The number of aliphatic hydroxyl groups excluding tert-OH is 1. The zero-order valence-corrected chi connectivity index (χ0v) is 16.7. The van der Waals surface area contributed by atoms with Crippen molar-refractivity contribution in [2.45, 2.75) is 45.3 Å². The number of methoxy groups -OCH3 is 1. The number of rotatable bonds is 6. The average Bonchev–Trinajstić information content (AvgIpc) is 3.14. The van der Waals surface area contributed by atoms with Gasteiger partial charge in [0.2, 0.25) is 0 Å². The molecule has 0 radical (unpaired) electrons. The van der Waals surface area contributed by atoms with Gasteiger partial charge in [-0.2, -0.15) is 0 Å². The Morgan fingerprint density at radius 1 is 1.29 bits per heavy atom. The maximum Gasteiger partial charge on any atom is 0.251 e. The SMILES string of the molecule is COCCN1CCCCCC(O)c2cc(C(=O)NCc3ccc(C)o3)ccc21. The summed E-state index contributed by atoms with van der Waals surface area (Å²) in [6.07, 6.45) is 3.29. The van der Waals surface area contributed by atoms with Gasteiger partial charge in [0.05, 0.1) is 19.3 Å². The fourth-order valence-corrected chi connectivity index (χ4v) is 3.63. The summed E-state index contributed by atoms with van der Waals surface area (Å²) in [7, 11) is 1.69. The first kappa shape index (κ1) is 20.4. The van der Waals surface area contributed by atoms with Crippen molar-refractivity contribution in [1.29, 1.82) is 0 Å². The number of amides is 1. The number of hydrogen-bond donors (Lipinski definition) is 2. The zero-order chi connectivity index (χ0) is 19.9. The highest BCUT2D eigenvalue weighted by Gasteiger charge is 2.21. The molecule has 1 aliphatic rings. The summed E-state index contributed by atoms with van der Waals surface area (Å²) in [5, 5.41) is 13.6. The topological polar surface area (TPSA) is 74.9 Å². The quantitative estimate of drug-likeness (QED) is 0.794. The van der Waals surface area contributed by atoms with Gasteiger partial charge in [0, 0.05) is 37.0 Å². The van der Waals surface area contributed by atoms with E-state index in [0.717, 1.165) is 55.1 Å². The van der Waals surface area contributed by atoms with Crippen LogP contribution in [-0.2, 0) is 11.3 Å². The van der Waals surface area contributed by atoms with Crippen molar-refractivity contribution in [1.82, 2.24) is 5.32 Å². The summed E-state index contributed by atoms with van der Waals surface area (Å²) >= 11 is 0. The van der Waals surface area contributed by atoms with Crippen molar-refractivity contribution >= 4 is 11.6 Å². The second-order valence-corrected chi connectivity index (χ2v) is 7.31. The van der Waals surface area contributed by atoms with Crippen LogP contribution in [0.15, 0.2) is 34.7 Å².